The quantitative estimate of drug-likeness (QED) is 0.769. The van der Waals surface area contributed by atoms with Gasteiger partial charge in [-0.3, -0.25) is 4.79 Å². The van der Waals surface area contributed by atoms with Crippen LogP contribution in [0.5, 0.6) is 0 Å². The lowest BCUT2D eigenvalue weighted by atomic mass is 10.1. The number of carbonyl (C=O) groups is 1. The van der Waals surface area contributed by atoms with E-state index in [1.54, 1.807) is 13.4 Å². The standard InChI is InChI=1S/C12H19N5O2/c1-19-5-4-16-8-14-15-11(16)7-17-10-2-3-13-9(10)6-12(17)18/h8-10,13H,2-7H2,1H3/t9-,10-/m1/s1. The lowest BCUT2D eigenvalue weighted by Crippen LogP contribution is -2.36. The molecule has 2 atom stereocenters. The van der Waals surface area contributed by atoms with Gasteiger partial charge in [0.2, 0.25) is 5.91 Å². The number of likely N-dealkylation sites (tertiary alicyclic amines) is 1. The number of hydrogen-bond acceptors (Lipinski definition) is 5. The SMILES string of the molecule is COCCn1cnnc1CN1C(=O)C[C@H]2NCC[C@H]21. The van der Waals surface area contributed by atoms with Gasteiger partial charge in [-0.25, -0.2) is 0 Å². The summed E-state index contributed by atoms with van der Waals surface area (Å²) in [6.07, 6.45) is 3.33. The van der Waals surface area contributed by atoms with Crippen LogP contribution in [-0.2, 0) is 22.6 Å². The molecular weight excluding hydrogens is 246 g/mol. The molecule has 2 aliphatic heterocycles. The molecular formula is C12H19N5O2. The van der Waals surface area contributed by atoms with Gasteiger partial charge in [-0.15, -0.1) is 10.2 Å². The second kappa shape index (κ2) is 5.26. The molecule has 0 aliphatic carbocycles. The van der Waals surface area contributed by atoms with Crippen molar-refractivity contribution >= 4 is 5.91 Å². The zero-order valence-corrected chi connectivity index (χ0v) is 11.1. The van der Waals surface area contributed by atoms with Crippen molar-refractivity contribution in [1.29, 1.82) is 0 Å². The molecule has 7 nitrogen and oxygen atoms in total. The molecule has 0 aromatic carbocycles. The van der Waals surface area contributed by atoms with E-state index in [0.717, 1.165) is 18.8 Å². The molecule has 2 aliphatic rings. The molecule has 3 rings (SSSR count). The van der Waals surface area contributed by atoms with Gasteiger partial charge in [-0.1, -0.05) is 0 Å². The maximum atomic E-state index is 12.0. The Hall–Kier alpha value is -1.47. The first-order valence-corrected chi connectivity index (χ1v) is 6.68. The van der Waals surface area contributed by atoms with Crippen LogP contribution >= 0.6 is 0 Å². The molecule has 1 N–H and O–H groups in total. The van der Waals surface area contributed by atoms with Gasteiger partial charge in [-0.2, -0.15) is 0 Å². The van der Waals surface area contributed by atoms with Gasteiger partial charge in [0.05, 0.1) is 13.2 Å². The maximum Gasteiger partial charge on any atom is 0.224 e. The fraction of sp³-hybridized carbons (Fsp3) is 0.750. The van der Waals surface area contributed by atoms with Gasteiger partial charge in [0.15, 0.2) is 5.82 Å². The molecule has 0 radical (unpaired) electrons. The molecule has 0 bridgehead atoms. The van der Waals surface area contributed by atoms with Gasteiger partial charge >= 0.3 is 0 Å². The van der Waals surface area contributed by atoms with Gasteiger partial charge in [0, 0.05) is 32.2 Å². The van der Waals surface area contributed by atoms with Crippen LogP contribution in [0.1, 0.15) is 18.7 Å². The summed E-state index contributed by atoms with van der Waals surface area (Å²) in [6.45, 7) is 2.88. The minimum Gasteiger partial charge on any atom is -0.383 e. The second-order valence-electron chi connectivity index (χ2n) is 5.08. The highest BCUT2D eigenvalue weighted by atomic mass is 16.5. The van der Waals surface area contributed by atoms with E-state index in [4.69, 9.17) is 4.74 Å². The van der Waals surface area contributed by atoms with E-state index in [9.17, 15) is 4.79 Å². The zero-order chi connectivity index (χ0) is 13.2. The second-order valence-corrected chi connectivity index (χ2v) is 5.08. The highest BCUT2D eigenvalue weighted by molar-refractivity contribution is 5.80. The van der Waals surface area contributed by atoms with Crippen LogP contribution in [-0.4, -0.2) is 57.9 Å². The Morgan fingerprint density at radius 2 is 2.47 bits per heavy atom. The number of fused-ring (bicyclic) bond motifs is 1. The molecule has 19 heavy (non-hydrogen) atoms. The fourth-order valence-electron chi connectivity index (χ4n) is 2.96. The smallest absolute Gasteiger partial charge is 0.224 e. The van der Waals surface area contributed by atoms with Gasteiger partial charge in [0.25, 0.3) is 0 Å². The lowest BCUT2D eigenvalue weighted by molar-refractivity contribution is -0.129. The van der Waals surface area contributed by atoms with E-state index in [2.05, 4.69) is 15.5 Å². The molecule has 2 saturated heterocycles. The number of ether oxygens (including phenoxy) is 1. The maximum absolute atomic E-state index is 12.0. The average Bonchev–Trinajstić information content (AvgIpc) is 3.07. The summed E-state index contributed by atoms with van der Waals surface area (Å²) >= 11 is 0. The largest absolute Gasteiger partial charge is 0.383 e. The van der Waals surface area contributed by atoms with E-state index in [1.165, 1.54) is 0 Å². The van der Waals surface area contributed by atoms with Crippen molar-refractivity contribution in [3.63, 3.8) is 0 Å². The van der Waals surface area contributed by atoms with Crippen LogP contribution in [0.4, 0.5) is 0 Å². The number of nitrogens with zero attached hydrogens (tertiary/aromatic N) is 4. The predicted octanol–water partition coefficient (Wildman–Crippen LogP) is -0.613. The van der Waals surface area contributed by atoms with Crippen LogP contribution in [0, 0.1) is 0 Å². The first kappa shape index (κ1) is 12.6. The number of hydrogen-bond donors (Lipinski definition) is 1. The van der Waals surface area contributed by atoms with Crippen LogP contribution in [0.3, 0.4) is 0 Å². The number of nitrogens with one attached hydrogen (secondary N) is 1. The van der Waals surface area contributed by atoms with Gasteiger partial charge in [-0.05, 0) is 13.0 Å². The molecule has 104 valence electrons. The summed E-state index contributed by atoms with van der Waals surface area (Å²) in [4.78, 5) is 14.0. The van der Waals surface area contributed by atoms with Crippen LogP contribution < -0.4 is 5.32 Å². The third-order valence-electron chi connectivity index (χ3n) is 3.97. The van der Waals surface area contributed by atoms with Crippen LogP contribution in [0.2, 0.25) is 0 Å². The number of rotatable bonds is 5. The molecule has 0 unspecified atom stereocenters. The lowest BCUT2D eigenvalue weighted by Gasteiger charge is -2.23. The van der Waals surface area contributed by atoms with Crippen molar-refractivity contribution in [3.8, 4) is 0 Å². The predicted molar refractivity (Wildman–Crippen MR) is 67.3 cm³/mol. The Balaban J connectivity index is 1.70. The summed E-state index contributed by atoms with van der Waals surface area (Å²) in [7, 11) is 1.67. The zero-order valence-electron chi connectivity index (χ0n) is 11.1. The highest BCUT2D eigenvalue weighted by Gasteiger charge is 2.42. The molecule has 0 spiro atoms. The molecule has 2 fully saturated rings. The highest BCUT2D eigenvalue weighted by Crippen LogP contribution is 2.27. The Kier molecular flexibility index (Phi) is 3.48. The van der Waals surface area contributed by atoms with Crippen molar-refractivity contribution in [2.45, 2.75) is 38.0 Å². The molecule has 1 amide bonds. The van der Waals surface area contributed by atoms with Crippen molar-refractivity contribution in [2.75, 3.05) is 20.3 Å². The van der Waals surface area contributed by atoms with Crippen molar-refractivity contribution in [1.82, 2.24) is 25.0 Å². The summed E-state index contributed by atoms with van der Waals surface area (Å²) in [6, 6.07) is 0.642. The minimum atomic E-state index is 0.212. The summed E-state index contributed by atoms with van der Waals surface area (Å²) in [5.74, 6) is 1.04. The van der Waals surface area contributed by atoms with E-state index in [0.29, 0.717) is 38.2 Å². The Bertz CT molecular complexity index is 461. The Labute approximate surface area is 111 Å². The van der Waals surface area contributed by atoms with E-state index in [-0.39, 0.29) is 5.91 Å². The first-order chi connectivity index (χ1) is 9.29. The molecule has 3 heterocycles. The third kappa shape index (κ3) is 2.35. The fourth-order valence-corrected chi connectivity index (χ4v) is 2.96. The van der Waals surface area contributed by atoms with Crippen LogP contribution in [0.15, 0.2) is 6.33 Å². The minimum absolute atomic E-state index is 0.212. The van der Waals surface area contributed by atoms with E-state index < -0.39 is 0 Å². The summed E-state index contributed by atoms with van der Waals surface area (Å²) in [5, 5.41) is 11.4. The van der Waals surface area contributed by atoms with Crippen molar-refractivity contribution in [3.05, 3.63) is 12.2 Å². The topological polar surface area (TPSA) is 72.3 Å². The molecule has 1 aromatic rings. The number of methoxy groups -OCH3 is 1. The molecule has 7 heteroatoms. The number of aromatic nitrogens is 3. The number of carbonyl (C=O) groups excluding carboxylic acids is 1. The van der Waals surface area contributed by atoms with Crippen molar-refractivity contribution < 1.29 is 9.53 Å². The van der Waals surface area contributed by atoms with Gasteiger partial charge < -0.3 is 19.5 Å². The monoisotopic (exact) mass is 265 g/mol. The molecule has 1 aromatic heterocycles. The van der Waals surface area contributed by atoms with Crippen molar-refractivity contribution in [2.24, 2.45) is 0 Å². The Morgan fingerprint density at radius 3 is 3.32 bits per heavy atom. The van der Waals surface area contributed by atoms with E-state index in [1.807, 2.05) is 9.47 Å². The number of amides is 1. The first-order valence-electron chi connectivity index (χ1n) is 6.68. The summed E-state index contributed by atoms with van der Waals surface area (Å²) < 4.78 is 7.01. The van der Waals surface area contributed by atoms with Crippen LogP contribution in [0.25, 0.3) is 0 Å². The van der Waals surface area contributed by atoms with E-state index >= 15 is 0 Å². The Morgan fingerprint density at radius 1 is 1.58 bits per heavy atom. The van der Waals surface area contributed by atoms with Gasteiger partial charge in [0.1, 0.15) is 6.33 Å². The normalized spacial score (nSPS) is 26.2. The summed E-state index contributed by atoms with van der Waals surface area (Å²) in [5.41, 5.74) is 0. The third-order valence-corrected chi connectivity index (χ3v) is 3.97. The average molecular weight is 265 g/mol. The molecule has 0 saturated carbocycles.